The molecule has 84 valence electrons. The Morgan fingerprint density at radius 1 is 1.44 bits per heavy atom. The van der Waals surface area contributed by atoms with E-state index in [9.17, 15) is 0 Å². The number of anilines is 1. The summed E-state index contributed by atoms with van der Waals surface area (Å²) in [6.45, 7) is 4.04. The van der Waals surface area contributed by atoms with Crippen LogP contribution in [0.1, 0.15) is 19.9 Å². The average Bonchev–Trinajstić information content (AvgIpc) is 2.70. The van der Waals surface area contributed by atoms with Gasteiger partial charge in [-0.3, -0.25) is 0 Å². The molecular weight excluding hydrogens is 272 g/mol. The van der Waals surface area contributed by atoms with E-state index in [1.54, 1.807) is 17.1 Å². The first kappa shape index (κ1) is 11.0. The zero-order valence-electron chi connectivity index (χ0n) is 8.92. The molecule has 0 amide bonds. The monoisotopic (exact) mass is 282 g/mol. The molecule has 2 N–H and O–H groups in total. The number of hydrogen-bond donors (Lipinski definition) is 1. The van der Waals surface area contributed by atoms with Gasteiger partial charge in [0.2, 0.25) is 0 Å². The lowest BCUT2D eigenvalue weighted by Crippen LogP contribution is -2.00. The molecule has 16 heavy (non-hydrogen) atoms. The Hall–Kier alpha value is -1.50. The Morgan fingerprint density at radius 3 is 2.81 bits per heavy atom. The zero-order valence-corrected chi connectivity index (χ0v) is 10.5. The van der Waals surface area contributed by atoms with Gasteiger partial charge in [-0.05, 0) is 29.8 Å². The van der Waals surface area contributed by atoms with Gasteiger partial charge in [0, 0.05) is 6.04 Å². The summed E-state index contributed by atoms with van der Waals surface area (Å²) in [5, 5.41) is 8.01. The highest BCUT2D eigenvalue weighted by atomic mass is 79.9. The largest absolute Gasteiger partial charge is 0.382 e. The third-order valence-corrected chi connectivity index (χ3v) is 2.44. The summed E-state index contributed by atoms with van der Waals surface area (Å²) in [5.41, 5.74) is 6.90. The van der Waals surface area contributed by atoms with E-state index in [4.69, 9.17) is 5.73 Å². The number of rotatable bonds is 2. The van der Waals surface area contributed by atoms with Crippen molar-refractivity contribution in [3.8, 4) is 11.4 Å². The molecule has 7 heteroatoms. The Labute approximate surface area is 101 Å². The summed E-state index contributed by atoms with van der Waals surface area (Å²) in [5.74, 6) is 0.346. The summed E-state index contributed by atoms with van der Waals surface area (Å²) in [7, 11) is 0. The second-order valence-electron chi connectivity index (χ2n) is 3.60. The Balaban J connectivity index is 2.46. The Morgan fingerprint density at radius 2 is 2.19 bits per heavy atom. The van der Waals surface area contributed by atoms with Crippen molar-refractivity contribution in [1.82, 2.24) is 25.0 Å². The van der Waals surface area contributed by atoms with Crippen LogP contribution in [0.3, 0.4) is 0 Å². The van der Waals surface area contributed by atoms with Gasteiger partial charge in [-0.1, -0.05) is 5.21 Å². The summed E-state index contributed by atoms with van der Waals surface area (Å²) >= 11 is 3.25. The zero-order chi connectivity index (χ0) is 11.7. The highest BCUT2D eigenvalue weighted by Gasteiger charge is 2.11. The number of nitrogens with two attached hydrogens (primary N) is 1. The van der Waals surface area contributed by atoms with Crippen LogP contribution >= 0.6 is 15.9 Å². The molecule has 0 radical (unpaired) electrons. The first-order valence-corrected chi connectivity index (χ1v) is 5.57. The van der Waals surface area contributed by atoms with Crippen LogP contribution in [-0.4, -0.2) is 25.0 Å². The van der Waals surface area contributed by atoms with Gasteiger partial charge in [0.25, 0.3) is 0 Å². The standard InChI is InChI=1S/C9H11BrN6/c1-5(2)16-4-6(14-15-16)8-9(11)12-3-7(10)13-8/h3-5H,1-2H3,(H2,11,12). The second-order valence-corrected chi connectivity index (χ2v) is 4.42. The molecule has 0 bridgehead atoms. The predicted molar refractivity (Wildman–Crippen MR) is 63.5 cm³/mol. The van der Waals surface area contributed by atoms with Gasteiger partial charge in [-0.2, -0.15) is 0 Å². The maximum atomic E-state index is 5.74. The Bertz CT molecular complexity index is 506. The molecule has 0 unspecified atom stereocenters. The number of halogens is 1. The van der Waals surface area contributed by atoms with Gasteiger partial charge in [-0.15, -0.1) is 5.10 Å². The molecule has 2 rings (SSSR count). The van der Waals surface area contributed by atoms with E-state index < -0.39 is 0 Å². The molecule has 2 aromatic rings. The minimum absolute atomic E-state index is 0.252. The van der Waals surface area contributed by atoms with E-state index in [1.807, 2.05) is 13.8 Å². The first-order chi connectivity index (χ1) is 7.58. The van der Waals surface area contributed by atoms with Crippen LogP contribution in [0.5, 0.6) is 0 Å². The van der Waals surface area contributed by atoms with E-state index >= 15 is 0 Å². The topological polar surface area (TPSA) is 82.5 Å². The lowest BCUT2D eigenvalue weighted by molar-refractivity contribution is 0.514. The van der Waals surface area contributed by atoms with Gasteiger partial charge in [0.15, 0.2) is 5.82 Å². The molecule has 0 spiro atoms. The van der Waals surface area contributed by atoms with Gasteiger partial charge < -0.3 is 5.73 Å². The molecule has 0 aliphatic rings. The lowest BCUT2D eigenvalue weighted by atomic mass is 10.3. The maximum absolute atomic E-state index is 5.74. The van der Waals surface area contributed by atoms with Gasteiger partial charge >= 0.3 is 0 Å². The summed E-state index contributed by atoms with van der Waals surface area (Å²) in [4.78, 5) is 8.23. The Kier molecular flexibility index (Phi) is 2.86. The van der Waals surface area contributed by atoms with Crippen LogP contribution < -0.4 is 5.73 Å². The average molecular weight is 283 g/mol. The fourth-order valence-electron chi connectivity index (χ4n) is 1.20. The van der Waals surface area contributed by atoms with Crippen molar-refractivity contribution in [2.75, 3.05) is 5.73 Å². The van der Waals surface area contributed by atoms with Crippen LogP contribution in [0.2, 0.25) is 0 Å². The minimum atomic E-state index is 0.252. The van der Waals surface area contributed by atoms with Crippen molar-refractivity contribution < 1.29 is 0 Å². The van der Waals surface area contributed by atoms with Crippen molar-refractivity contribution in [3.63, 3.8) is 0 Å². The van der Waals surface area contributed by atoms with E-state index in [-0.39, 0.29) is 6.04 Å². The van der Waals surface area contributed by atoms with Crippen molar-refractivity contribution in [1.29, 1.82) is 0 Å². The lowest BCUT2D eigenvalue weighted by Gasteiger charge is -2.02. The molecular formula is C9H11BrN6. The smallest absolute Gasteiger partial charge is 0.151 e. The highest BCUT2D eigenvalue weighted by molar-refractivity contribution is 9.10. The molecule has 2 aromatic heterocycles. The van der Waals surface area contributed by atoms with Crippen LogP contribution in [-0.2, 0) is 0 Å². The van der Waals surface area contributed by atoms with Crippen LogP contribution in [0, 0.1) is 0 Å². The van der Waals surface area contributed by atoms with Gasteiger partial charge in [0.1, 0.15) is 16.0 Å². The van der Waals surface area contributed by atoms with Crippen molar-refractivity contribution in [2.24, 2.45) is 0 Å². The summed E-state index contributed by atoms with van der Waals surface area (Å²) < 4.78 is 2.37. The van der Waals surface area contributed by atoms with E-state index in [0.717, 1.165) is 0 Å². The molecule has 0 aliphatic heterocycles. The van der Waals surface area contributed by atoms with E-state index in [2.05, 4.69) is 36.2 Å². The molecule has 0 saturated heterocycles. The summed E-state index contributed by atoms with van der Waals surface area (Å²) in [6.07, 6.45) is 3.35. The van der Waals surface area contributed by atoms with E-state index in [1.165, 1.54) is 0 Å². The number of nitrogens with zero attached hydrogens (tertiary/aromatic N) is 5. The van der Waals surface area contributed by atoms with Crippen LogP contribution in [0.15, 0.2) is 17.0 Å². The normalized spacial score (nSPS) is 11.0. The molecule has 0 atom stereocenters. The SMILES string of the molecule is CC(C)n1cc(-c2nc(Br)cnc2N)nn1. The predicted octanol–water partition coefficient (Wildman–Crippen LogP) is 1.66. The highest BCUT2D eigenvalue weighted by Crippen LogP contribution is 2.21. The number of hydrogen-bond acceptors (Lipinski definition) is 5. The van der Waals surface area contributed by atoms with Crippen molar-refractivity contribution in [2.45, 2.75) is 19.9 Å². The molecule has 0 fully saturated rings. The van der Waals surface area contributed by atoms with Crippen molar-refractivity contribution in [3.05, 3.63) is 17.0 Å². The molecule has 0 aliphatic carbocycles. The van der Waals surface area contributed by atoms with Crippen LogP contribution in [0.4, 0.5) is 5.82 Å². The third-order valence-electron chi connectivity index (χ3n) is 2.05. The van der Waals surface area contributed by atoms with Crippen molar-refractivity contribution >= 4 is 21.7 Å². The fourth-order valence-corrected chi connectivity index (χ4v) is 1.48. The minimum Gasteiger partial charge on any atom is -0.382 e. The maximum Gasteiger partial charge on any atom is 0.151 e. The van der Waals surface area contributed by atoms with Gasteiger partial charge in [-0.25, -0.2) is 14.6 Å². The number of aromatic nitrogens is 5. The molecule has 6 nitrogen and oxygen atoms in total. The van der Waals surface area contributed by atoms with Gasteiger partial charge in [0.05, 0.1) is 12.4 Å². The van der Waals surface area contributed by atoms with Crippen LogP contribution in [0.25, 0.3) is 11.4 Å². The third kappa shape index (κ3) is 2.04. The van der Waals surface area contributed by atoms with E-state index in [0.29, 0.717) is 21.8 Å². The second kappa shape index (κ2) is 4.17. The first-order valence-electron chi connectivity index (χ1n) is 4.78. The molecule has 0 saturated carbocycles. The fraction of sp³-hybridized carbons (Fsp3) is 0.333. The molecule has 0 aromatic carbocycles. The molecule has 2 heterocycles. The quantitative estimate of drug-likeness (QED) is 0.906. The number of nitrogen functional groups attached to an aromatic ring is 1. The summed E-state index contributed by atoms with van der Waals surface area (Å²) in [6, 6.07) is 0.252.